The first kappa shape index (κ1) is 28.2. The van der Waals surface area contributed by atoms with E-state index < -0.39 is 0 Å². The standard InChI is InChI=1S/C38H31N3O4S/c1-43-29-19-17-24(20-31(29)45-3)36-27-18-16-22-10-7-8-13-25(22)34(27)40-38-41(36)37(42)32(46-38)21-28-26-14-9-15-30(44-2)35(26)39-33(28)23-11-5-4-6-12-23/h4-15,17,19-21,36,39H,16,18H2,1-3H3/b32-21+/t36-/m1/s1. The van der Waals surface area contributed by atoms with Crippen molar-refractivity contribution < 1.29 is 14.2 Å². The van der Waals surface area contributed by atoms with E-state index in [2.05, 4.69) is 47.4 Å². The molecule has 0 bridgehead atoms. The van der Waals surface area contributed by atoms with Gasteiger partial charge in [-0.3, -0.25) is 9.36 Å². The molecule has 2 aromatic heterocycles. The van der Waals surface area contributed by atoms with E-state index >= 15 is 0 Å². The van der Waals surface area contributed by atoms with Crippen molar-refractivity contribution in [3.63, 3.8) is 0 Å². The molecule has 0 amide bonds. The van der Waals surface area contributed by atoms with Crippen molar-refractivity contribution in [2.45, 2.75) is 18.9 Å². The summed E-state index contributed by atoms with van der Waals surface area (Å²) in [5, 5.41) is 0.980. The van der Waals surface area contributed by atoms with E-state index in [9.17, 15) is 4.79 Å². The molecule has 0 saturated carbocycles. The van der Waals surface area contributed by atoms with Gasteiger partial charge in [0.15, 0.2) is 16.3 Å². The van der Waals surface area contributed by atoms with E-state index in [1.54, 1.807) is 21.3 Å². The highest BCUT2D eigenvalue weighted by Crippen LogP contribution is 2.43. The van der Waals surface area contributed by atoms with Crippen molar-refractivity contribution in [2.75, 3.05) is 21.3 Å². The summed E-state index contributed by atoms with van der Waals surface area (Å²) < 4.78 is 19.4. The lowest BCUT2D eigenvalue weighted by molar-refractivity contribution is 0.354. The van der Waals surface area contributed by atoms with Crippen LogP contribution in [0.25, 0.3) is 33.9 Å². The number of benzene rings is 4. The number of nitrogens with zero attached hydrogens (tertiary/aromatic N) is 2. The fraction of sp³-hybridized carbons (Fsp3) is 0.158. The minimum absolute atomic E-state index is 0.0785. The van der Waals surface area contributed by atoms with Crippen LogP contribution in [0.2, 0.25) is 0 Å². The Bertz CT molecular complexity index is 2370. The summed E-state index contributed by atoms with van der Waals surface area (Å²) >= 11 is 1.42. The monoisotopic (exact) mass is 625 g/mol. The number of aromatic nitrogens is 2. The third-order valence-corrected chi connectivity index (χ3v) is 9.97. The molecule has 0 fully saturated rings. The molecule has 7 nitrogen and oxygen atoms in total. The fourth-order valence-corrected chi connectivity index (χ4v) is 7.82. The predicted molar refractivity (Wildman–Crippen MR) is 183 cm³/mol. The number of hydrogen-bond acceptors (Lipinski definition) is 6. The van der Waals surface area contributed by atoms with Gasteiger partial charge in [-0.2, -0.15) is 0 Å². The number of aryl methyl sites for hydroxylation is 1. The van der Waals surface area contributed by atoms with Gasteiger partial charge in [0.1, 0.15) is 5.75 Å². The Labute approximate surface area is 269 Å². The van der Waals surface area contributed by atoms with Crippen LogP contribution in [-0.2, 0) is 6.42 Å². The summed E-state index contributed by atoms with van der Waals surface area (Å²) in [7, 11) is 4.93. The molecule has 46 heavy (non-hydrogen) atoms. The van der Waals surface area contributed by atoms with Crippen LogP contribution in [0.1, 0.15) is 34.7 Å². The fourth-order valence-electron chi connectivity index (χ4n) is 6.84. The molecule has 0 unspecified atom stereocenters. The van der Waals surface area contributed by atoms with Crippen molar-refractivity contribution in [1.82, 2.24) is 9.55 Å². The van der Waals surface area contributed by atoms with Gasteiger partial charge in [-0.25, -0.2) is 4.99 Å². The molecule has 8 heteroatoms. The third kappa shape index (κ3) is 4.40. The minimum atomic E-state index is -0.335. The van der Waals surface area contributed by atoms with Crippen LogP contribution in [0, 0.1) is 0 Å². The van der Waals surface area contributed by atoms with Crippen LogP contribution in [0.5, 0.6) is 17.2 Å². The first-order valence-corrected chi connectivity index (χ1v) is 16.0. The maximum Gasteiger partial charge on any atom is 0.271 e. The number of fused-ring (bicyclic) bond motifs is 4. The van der Waals surface area contributed by atoms with Gasteiger partial charge in [0.25, 0.3) is 5.56 Å². The predicted octanol–water partition coefficient (Wildman–Crippen LogP) is 6.49. The molecular weight excluding hydrogens is 595 g/mol. The quantitative estimate of drug-likeness (QED) is 0.230. The molecule has 1 aliphatic carbocycles. The maximum atomic E-state index is 14.6. The van der Waals surface area contributed by atoms with Crippen molar-refractivity contribution in [2.24, 2.45) is 4.99 Å². The molecule has 6 aromatic rings. The summed E-state index contributed by atoms with van der Waals surface area (Å²) in [6, 6.07) is 30.2. The van der Waals surface area contributed by atoms with Crippen LogP contribution in [0.3, 0.4) is 0 Å². The van der Waals surface area contributed by atoms with Gasteiger partial charge in [0, 0.05) is 16.5 Å². The van der Waals surface area contributed by atoms with E-state index in [1.807, 2.05) is 59.2 Å². The largest absolute Gasteiger partial charge is 0.495 e. The Morgan fingerprint density at radius 2 is 1.63 bits per heavy atom. The topological polar surface area (TPSA) is 77.8 Å². The summed E-state index contributed by atoms with van der Waals surface area (Å²) in [4.78, 5) is 24.1. The van der Waals surface area contributed by atoms with E-state index in [4.69, 9.17) is 19.2 Å². The van der Waals surface area contributed by atoms with Crippen LogP contribution >= 0.6 is 11.3 Å². The van der Waals surface area contributed by atoms with Gasteiger partial charge >= 0.3 is 0 Å². The highest BCUT2D eigenvalue weighted by molar-refractivity contribution is 7.07. The van der Waals surface area contributed by atoms with Gasteiger partial charge in [0.05, 0.1) is 48.8 Å². The Balaban J connectivity index is 1.40. The highest BCUT2D eigenvalue weighted by Gasteiger charge is 2.33. The third-order valence-electron chi connectivity index (χ3n) is 8.99. The number of hydrogen-bond donors (Lipinski definition) is 1. The van der Waals surface area contributed by atoms with E-state index in [0.717, 1.165) is 68.7 Å². The van der Waals surface area contributed by atoms with E-state index in [0.29, 0.717) is 20.8 Å². The molecule has 3 heterocycles. The van der Waals surface area contributed by atoms with E-state index in [1.165, 1.54) is 16.9 Å². The van der Waals surface area contributed by atoms with Crippen molar-refractivity contribution in [1.29, 1.82) is 0 Å². The average Bonchev–Trinajstić information content (AvgIpc) is 3.64. The second-order valence-corrected chi connectivity index (χ2v) is 12.4. The zero-order valence-corrected chi connectivity index (χ0v) is 26.5. The second-order valence-electron chi connectivity index (χ2n) is 11.4. The van der Waals surface area contributed by atoms with Gasteiger partial charge < -0.3 is 19.2 Å². The molecule has 4 aromatic carbocycles. The second kappa shape index (κ2) is 11.2. The number of ether oxygens (including phenoxy) is 3. The molecule has 1 N–H and O–H groups in total. The Kier molecular flexibility index (Phi) is 6.87. The molecular formula is C38H31N3O4S. The molecule has 2 aliphatic rings. The lowest BCUT2D eigenvalue weighted by Crippen LogP contribution is -2.38. The number of para-hydroxylation sites is 1. The number of thiazole rings is 1. The lowest BCUT2D eigenvalue weighted by atomic mass is 9.83. The summed E-state index contributed by atoms with van der Waals surface area (Å²) in [5.41, 5.74) is 9.13. The first-order valence-electron chi connectivity index (χ1n) is 15.2. The molecule has 8 rings (SSSR count). The minimum Gasteiger partial charge on any atom is -0.495 e. The molecule has 1 aliphatic heterocycles. The molecule has 1 atom stereocenters. The number of H-pyrrole nitrogens is 1. The van der Waals surface area contributed by atoms with Crippen molar-refractivity contribution in [3.05, 3.63) is 139 Å². The average molecular weight is 626 g/mol. The number of allylic oxidation sites excluding steroid dienone is 1. The highest BCUT2D eigenvalue weighted by atomic mass is 32.1. The normalized spacial score (nSPS) is 15.6. The maximum absolute atomic E-state index is 14.6. The molecule has 0 radical (unpaired) electrons. The van der Waals surface area contributed by atoms with Crippen LogP contribution in [0.4, 0.5) is 0 Å². The number of rotatable bonds is 6. The molecule has 0 saturated heterocycles. The van der Waals surface area contributed by atoms with Crippen LogP contribution < -0.4 is 29.1 Å². The number of nitrogens with one attached hydrogen (secondary N) is 1. The van der Waals surface area contributed by atoms with Gasteiger partial charge in [-0.1, -0.05) is 84.1 Å². The number of aromatic amines is 1. The van der Waals surface area contributed by atoms with Crippen molar-refractivity contribution >= 4 is 34.0 Å². The Morgan fingerprint density at radius 3 is 2.43 bits per heavy atom. The Hall–Kier alpha value is -5.34. The van der Waals surface area contributed by atoms with Gasteiger partial charge in [0.2, 0.25) is 0 Å². The number of methoxy groups -OCH3 is 3. The zero-order chi connectivity index (χ0) is 31.4. The summed E-state index contributed by atoms with van der Waals surface area (Å²) in [6.45, 7) is 0. The zero-order valence-electron chi connectivity index (χ0n) is 25.7. The van der Waals surface area contributed by atoms with Crippen LogP contribution in [0.15, 0.2) is 106 Å². The summed E-state index contributed by atoms with van der Waals surface area (Å²) in [5.74, 6) is 2.01. The van der Waals surface area contributed by atoms with Gasteiger partial charge in [-0.15, -0.1) is 0 Å². The Morgan fingerprint density at radius 1 is 0.848 bits per heavy atom. The van der Waals surface area contributed by atoms with E-state index in [-0.39, 0.29) is 11.6 Å². The van der Waals surface area contributed by atoms with Crippen LogP contribution in [-0.4, -0.2) is 30.9 Å². The molecule has 0 spiro atoms. The SMILES string of the molecule is COc1ccc([C@@H]2C3=C(N=c4s/c(=C/c5c(-c6ccccc6)[nH]c6c(OC)cccc56)c(=O)n42)c2ccccc2CC3)cc1OC. The smallest absolute Gasteiger partial charge is 0.271 e. The molecule has 228 valence electrons. The first-order chi connectivity index (χ1) is 22.6. The van der Waals surface area contributed by atoms with Crippen molar-refractivity contribution in [3.8, 4) is 28.5 Å². The summed E-state index contributed by atoms with van der Waals surface area (Å²) in [6.07, 6.45) is 3.70. The van der Waals surface area contributed by atoms with Gasteiger partial charge in [-0.05, 0) is 59.4 Å². The lowest BCUT2D eigenvalue weighted by Gasteiger charge is -2.31.